The molecule has 1 heterocycles. The second-order valence-electron chi connectivity index (χ2n) is 3.59. The van der Waals surface area contributed by atoms with Gasteiger partial charge in [-0.3, -0.25) is 4.79 Å². The van der Waals surface area contributed by atoms with Gasteiger partial charge < -0.3 is 4.42 Å². The number of aryl methyl sites for hydroxylation is 1. The monoisotopic (exact) mass is 200 g/mol. The molecule has 0 bridgehead atoms. The number of hydrogen-bond donors (Lipinski definition) is 0. The van der Waals surface area contributed by atoms with E-state index in [-0.39, 0.29) is 5.78 Å². The van der Waals surface area contributed by atoms with Gasteiger partial charge in [0.2, 0.25) is 0 Å². The number of carbonyl (C=O) groups excluding carboxylic acids is 1. The van der Waals surface area contributed by atoms with Crippen molar-refractivity contribution in [2.75, 3.05) is 0 Å². The minimum absolute atomic E-state index is 0.0185. The summed E-state index contributed by atoms with van der Waals surface area (Å²) in [6.45, 7) is 3.96. The SMILES string of the molecule is Cc1cccc(C(=O)c2ccoc2)c1C. The average molecular weight is 200 g/mol. The van der Waals surface area contributed by atoms with Crippen LogP contribution in [0.2, 0.25) is 0 Å². The van der Waals surface area contributed by atoms with Gasteiger partial charge in [0.25, 0.3) is 0 Å². The van der Waals surface area contributed by atoms with Gasteiger partial charge in [-0.1, -0.05) is 18.2 Å². The molecule has 0 spiro atoms. The zero-order chi connectivity index (χ0) is 10.8. The molecule has 0 radical (unpaired) electrons. The molecule has 0 aliphatic rings. The summed E-state index contributed by atoms with van der Waals surface area (Å²) in [5, 5.41) is 0. The molecule has 2 aromatic rings. The Labute approximate surface area is 88.5 Å². The summed E-state index contributed by atoms with van der Waals surface area (Å²) in [7, 11) is 0. The van der Waals surface area contributed by atoms with Gasteiger partial charge in [0.05, 0.1) is 11.8 Å². The van der Waals surface area contributed by atoms with Crippen LogP contribution in [0.3, 0.4) is 0 Å². The average Bonchev–Trinajstić information content (AvgIpc) is 2.74. The van der Waals surface area contributed by atoms with Crippen LogP contribution < -0.4 is 0 Å². The zero-order valence-electron chi connectivity index (χ0n) is 8.78. The van der Waals surface area contributed by atoms with E-state index in [9.17, 15) is 4.79 Å². The summed E-state index contributed by atoms with van der Waals surface area (Å²) in [6.07, 6.45) is 2.99. The molecule has 0 saturated heterocycles. The Morgan fingerprint density at radius 1 is 1.20 bits per heavy atom. The van der Waals surface area contributed by atoms with Crippen molar-refractivity contribution in [2.45, 2.75) is 13.8 Å². The highest BCUT2D eigenvalue weighted by molar-refractivity contribution is 6.09. The van der Waals surface area contributed by atoms with Crippen LogP contribution in [0.5, 0.6) is 0 Å². The molecule has 1 aromatic heterocycles. The normalized spacial score (nSPS) is 10.3. The topological polar surface area (TPSA) is 30.2 Å². The summed E-state index contributed by atoms with van der Waals surface area (Å²) in [5.74, 6) is 0.0185. The Bertz CT molecular complexity index is 481. The summed E-state index contributed by atoms with van der Waals surface area (Å²) in [5.41, 5.74) is 3.51. The summed E-state index contributed by atoms with van der Waals surface area (Å²) < 4.78 is 4.91. The van der Waals surface area contributed by atoms with Crippen LogP contribution in [0.25, 0.3) is 0 Å². The number of ketones is 1. The second kappa shape index (κ2) is 3.73. The van der Waals surface area contributed by atoms with Crippen LogP contribution in [0.4, 0.5) is 0 Å². The van der Waals surface area contributed by atoms with Crippen LogP contribution in [-0.4, -0.2) is 5.78 Å². The number of hydrogen-bond acceptors (Lipinski definition) is 2. The molecule has 2 rings (SSSR count). The van der Waals surface area contributed by atoms with Crippen molar-refractivity contribution in [3.8, 4) is 0 Å². The predicted molar refractivity (Wildman–Crippen MR) is 58.1 cm³/mol. The highest BCUT2D eigenvalue weighted by Gasteiger charge is 2.13. The molecule has 0 atom stereocenters. The lowest BCUT2D eigenvalue weighted by molar-refractivity contribution is 0.103. The van der Waals surface area contributed by atoms with Gasteiger partial charge >= 0.3 is 0 Å². The van der Waals surface area contributed by atoms with Crippen LogP contribution >= 0.6 is 0 Å². The molecule has 0 saturated carbocycles. The largest absolute Gasteiger partial charge is 0.472 e. The van der Waals surface area contributed by atoms with Gasteiger partial charge in [0.1, 0.15) is 6.26 Å². The third-order valence-electron chi connectivity index (χ3n) is 2.63. The maximum atomic E-state index is 12.0. The van der Waals surface area contributed by atoms with Gasteiger partial charge in [0.15, 0.2) is 5.78 Å². The van der Waals surface area contributed by atoms with Crippen LogP contribution in [0.15, 0.2) is 41.2 Å². The molecule has 2 nitrogen and oxygen atoms in total. The first-order valence-corrected chi connectivity index (χ1v) is 4.83. The third-order valence-corrected chi connectivity index (χ3v) is 2.63. The number of carbonyl (C=O) groups is 1. The lowest BCUT2D eigenvalue weighted by Gasteiger charge is -2.05. The molecule has 0 fully saturated rings. The Hall–Kier alpha value is -1.83. The fourth-order valence-electron chi connectivity index (χ4n) is 1.55. The molecular formula is C13H12O2. The second-order valence-corrected chi connectivity index (χ2v) is 3.59. The molecule has 0 aliphatic heterocycles. The van der Waals surface area contributed by atoms with Gasteiger partial charge in [0, 0.05) is 5.56 Å². The third kappa shape index (κ3) is 1.71. The van der Waals surface area contributed by atoms with Gasteiger partial charge in [-0.05, 0) is 31.0 Å². The first-order chi connectivity index (χ1) is 7.20. The van der Waals surface area contributed by atoms with Crippen molar-refractivity contribution >= 4 is 5.78 Å². The highest BCUT2D eigenvalue weighted by Crippen LogP contribution is 2.17. The van der Waals surface area contributed by atoms with E-state index in [1.807, 2.05) is 32.0 Å². The summed E-state index contributed by atoms with van der Waals surface area (Å²) in [4.78, 5) is 12.0. The van der Waals surface area contributed by atoms with Crippen LogP contribution in [-0.2, 0) is 0 Å². The maximum Gasteiger partial charge on any atom is 0.196 e. The molecule has 2 heteroatoms. The minimum Gasteiger partial charge on any atom is -0.472 e. The van der Waals surface area contributed by atoms with E-state index in [0.717, 1.165) is 16.7 Å². The fourth-order valence-corrected chi connectivity index (χ4v) is 1.55. The van der Waals surface area contributed by atoms with Crippen molar-refractivity contribution in [2.24, 2.45) is 0 Å². The van der Waals surface area contributed by atoms with Crippen molar-refractivity contribution < 1.29 is 9.21 Å². The molecule has 0 amide bonds. The Morgan fingerprint density at radius 2 is 2.00 bits per heavy atom. The van der Waals surface area contributed by atoms with E-state index in [4.69, 9.17) is 4.42 Å². The lowest BCUT2D eigenvalue weighted by atomic mass is 9.98. The highest BCUT2D eigenvalue weighted by atomic mass is 16.3. The van der Waals surface area contributed by atoms with Gasteiger partial charge in [-0.2, -0.15) is 0 Å². The molecule has 0 N–H and O–H groups in total. The molecule has 1 aromatic carbocycles. The van der Waals surface area contributed by atoms with Gasteiger partial charge in [-0.15, -0.1) is 0 Å². The molecule has 0 aliphatic carbocycles. The van der Waals surface area contributed by atoms with E-state index in [1.165, 1.54) is 12.5 Å². The smallest absolute Gasteiger partial charge is 0.196 e. The number of furan rings is 1. The van der Waals surface area contributed by atoms with Crippen molar-refractivity contribution in [1.82, 2.24) is 0 Å². The Balaban J connectivity index is 2.47. The van der Waals surface area contributed by atoms with E-state index < -0.39 is 0 Å². The van der Waals surface area contributed by atoms with Crippen molar-refractivity contribution in [1.29, 1.82) is 0 Å². The number of benzene rings is 1. The lowest BCUT2D eigenvalue weighted by Crippen LogP contribution is -2.03. The van der Waals surface area contributed by atoms with Crippen LogP contribution in [0.1, 0.15) is 27.0 Å². The maximum absolute atomic E-state index is 12.0. The van der Waals surface area contributed by atoms with Crippen molar-refractivity contribution in [3.63, 3.8) is 0 Å². The summed E-state index contributed by atoms with van der Waals surface area (Å²) >= 11 is 0. The van der Waals surface area contributed by atoms with Gasteiger partial charge in [-0.25, -0.2) is 0 Å². The molecule has 76 valence electrons. The predicted octanol–water partition coefficient (Wildman–Crippen LogP) is 3.13. The summed E-state index contributed by atoms with van der Waals surface area (Å²) in [6, 6.07) is 7.43. The fraction of sp³-hybridized carbons (Fsp3) is 0.154. The van der Waals surface area contributed by atoms with E-state index in [2.05, 4.69) is 0 Å². The number of rotatable bonds is 2. The molecule has 15 heavy (non-hydrogen) atoms. The standard InChI is InChI=1S/C13H12O2/c1-9-4-3-5-12(10(9)2)13(14)11-6-7-15-8-11/h3-8H,1-2H3. The minimum atomic E-state index is 0.0185. The zero-order valence-corrected chi connectivity index (χ0v) is 8.78. The molecule has 0 unspecified atom stereocenters. The van der Waals surface area contributed by atoms with E-state index in [1.54, 1.807) is 6.07 Å². The Kier molecular flexibility index (Phi) is 2.42. The van der Waals surface area contributed by atoms with E-state index >= 15 is 0 Å². The van der Waals surface area contributed by atoms with E-state index in [0.29, 0.717) is 5.56 Å². The Morgan fingerprint density at radius 3 is 2.67 bits per heavy atom. The van der Waals surface area contributed by atoms with Crippen molar-refractivity contribution in [3.05, 3.63) is 59.0 Å². The quantitative estimate of drug-likeness (QED) is 0.697. The van der Waals surface area contributed by atoms with Crippen LogP contribution in [0, 0.1) is 13.8 Å². The first-order valence-electron chi connectivity index (χ1n) is 4.83. The molecular weight excluding hydrogens is 188 g/mol. The first kappa shape index (κ1) is 9.71.